The Morgan fingerprint density at radius 2 is 1.75 bits per heavy atom. The summed E-state index contributed by atoms with van der Waals surface area (Å²) in [5, 5.41) is 6.61. The molecule has 0 fully saturated rings. The lowest BCUT2D eigenvalue weighted by Crippen LogP contribution is -2.15. The lowest BCUT2D eigenvalue weighted by atomic mass is 10.1. The van der Waals surface area contributed by atoms with E-state index in [2.05, 4.69) is 10.5 Å². The van der Waals surface area contributed by atoms with Crippen LogP contribution in [0.25, 0.3) is 11.3 Å². The van der Waals surface area contributed by atoms with E-state index < -0.39 is 0 Å². The Balaban J connectivity index is 1.55. The van der Waals surface area contributed by atoms with Gasteiger partial charge in [-0.15, -0.1) is 0 Å². The molecule has 2 aromatic carbocycles. The van der Waals surface area contributed by atoms with Gasteiger partial charge in [0, 0.05) is 17.3 Å². The summed E-state index contributed by atoms with van der Waals surface area (Å²) in [4.78, 5) is 12.2. The topological polar surface area (TPSA) is 73.6 Å². The SMILES string of the molecule is O=C(Nc1ccccc1)c1cc(-c2ccc3c(c2)OCCO3)on1. The predicted octanol–water partition coefficient (Wildman–Crippen LogP) is 3.37. The van der Waals surface area contributed by atoms with Gasteiger partial charge in [0.25, 0.3) is 5.91 Å². The molecule has 0 aliphatic carbocycles. The highest BCUT2D eigenvalue weighted by atomic mass is 16.6. The van der Waals surface area contributed by atoms with Crippen LogP contribution >= 0.6 is 0 Å². The molecule has 0 bridgehead atoms. The summed E-state index contributed by atoms with van der Waals surface area (Å²) >= 11 is 0. The number of anilines is 1. The summed E-state index contributed by atoms with van der Waals surface area (Å²) in [5.74, 6) is 1.52. The fraction of sp³-hybridized carbons (Fsp3) is 0.111. The minimum atomic E-state index is -0.325. The molecule has 3 aromatic rings. The highest BCUT2D eigenvalue weighted by Crippen LogP contribution is 2.34. The van der Waals surface area contributed by atoms with E-state index in [4.69, 9.17) is 14.0 Å². The van der Waals surface area contributed by atoms with Gasteiger partial charge in [0.1, 0.15) is 13.2 Å². The second kappa shape index (κ2) is 6.08. The van der Waals surface area contributed by atoms with Gasteiger partial charge >= 0.3 is 0 Å². The number of carbonyl (C=O) groups excluding carboxylic acids is 1. The molecule has 2 heterocycles. The van der Waals surface area contributed by atoms with Gasteiger partial charge in [0.2, 0.25) is 0 Å². The number of para-hydroxylation sites is 1. The first-order valence-electron chi connectivity index (χ1n) is 7.53. The van der Waals surface area contributed by atoms with E-state index in [1.165, 1.54) is 0 Å². The highest BCUT2D eigenvalue weighted by Gasteiger charge is 2.17. The van der Waals surface area contributed by atoms with Gasteiger partial charge in [-0.2, -0.15) is 0 Å². The molecule has 0 radical (unpaired) electrons. The van der Waals surface area contributed by atoms with Crippen LogP contribution in [-0.2, 0) is 0 Å². The standard InChI is InChI=1S/C18H14N2O4/c21-18(19-13-4-2-1-3-5-13)14-11-16(24-20-14)12-6-7-15-17(10-12)23-9-8-22-15/h1-7,10-11H,8-9H2,(H,19,21). The van der Waals surface area contributed by atoms with Gasteiger partial charge < -0.3 is 19.3 Å². The molecular weight excluding hydrogens is 308 g/mol. The summed E-state index contributed by atoms with van der Waals surface area (Å²) in [6, 6.07) is 16.3. The number of carbonyl (C=O) groups is 1. The van der Waals surface area contributed by atoms with E-state index in [1.807, 2.05) is 36.4 Å². The van der Waals surface area contributed by atoms with Crippen LogP contribution in [0.5, 0.6) is 11.5 Å². The summed E-state index contributed by atoms with van der Waals surface area (Å²) in [6.07, 6.45) is 0. The van der Waals surface area contributed by atoms with Gasteiger partial charge in [0.05, 0.1) is 0 Å². The van der Waals surface area contributed by atoms with Gasteiger partial charge in [-0.3, -0.25) is 4.79 Å². The molecule has 6 nitrogen and oxygen atoms in total. The van der Waals surface area contributed by atoms with Crippen LogP contribution in [0.3, 0.4) is 0 Å². The lowest BCUT2D eigenvalue weighted by molar-refractivity contribution is 0.101. The van der Waals surface area contributed by atoms with E-state index in [9.17, 15) is 4.79 Å². The second-order valence-corrected chi connectivity index (χ2v) is 5.25. The molecule has 0 atom stereocenters. The van der Waals surface area contributed by atoms with Gasteiger partial charge in [-0.25, -0.2) is 0 Å². The van der Waals surface area contributed by atoms with E-state index in [0.717, 1.165) is 5.56 Å². The smallest absolute Gasteiger partial charge is 0.277 e. The van der Waals surface area contributed by atoms with E-state index in [0.29, 0.717) is 36.2 Å². The van der Waals surface area contributed by atoms with Crippen molar-refractivity contribution in [3.63, 3.8) is 0 Å². The first-order chi connectivity index (χ1) is 11.8. The van der Waals surface area contributed by atoms with Crippen molar-refractivity contribution >= 4 is 11.6 Å². The average Bonchev–Trinajstić information content (AvgIpc) is 3.12. The molecule has 0 saturated heterocycles. The van der Waals surface area contributed by atoms with Crippen molar-refractivity contribution in [1.82, 2.24) is 5.16 Å². The third-order valence-electron chi connectivity index (χ3n) is 3.60. The van der Waals surface area contributed by atoms with Crippen molar-refractivity contribution in [1.29, 1.82) is 0 Å². The van der Waals surface area contributed by atoms with Crippen LogP contribution in [0.1, 0.15) is 10.5 Å². The number of fused-ring (bicyclic) bond motifs is 1. The zero-order valence-electron chi connectivity index (χ0n) is 12.7. The quantitative estimate of drug-likeness (QED) is 0.800. The zero-order valence-corrected chi connectivity index (χ0v) is 12.7. The van der Waals surface area contributed by atoms with Crippen LogP contribution in [-0.4, -0.2) is 24.3 Å². The van der Waals surface area contributed by atoms with E-state index in [-0.39, 0.29) is 11.6 Å². The van der Waals surface area contributed by atoms with Crippen molar-refractivity contribution in [3.8, 4) is 22.8 Å². The monoisotopic (exact) mass is 322 g/mol. The minimum Gasteiger partial charge on any atom is -0.486 e. The Morgan fingerprint density at radius 3 is 2.58 bits per heavy atom. The highest BCUT2D eigenvalue weighted by molar-refractivity contribution is 6.03. The molecule has 1 aromatic heterocycles. The number of nitrogens with one attached hydrogen (secondary N) is 1. The van der Waals surface area contributed by atoms with Gasteiger partial charge in [-0.1, -0.05) is 23.4 Å². The maximum Gasteiger partial charge on any atom is 0.277 e. The Bertz CT molecular complexity index is 874. The fourth-order valence-corrected chi connectivity index (χ4v) is 2.43. The molecule has 0 saturated carbocycles. The van der Waals surface area contributed by atoms with Crippen molar-refractivity contribution in [2.45, 2.75) is 0 Å². The molecule has 4 rings (SSSR count). The number of hydrogen-bond donors (Lipinski definition) is 1. The molecule has 6 heteroatoms. The zero-order chi connectivity index (χ0) is 16.4. The van der Waals surface area contributed by atoms with Crippen molar-refractivity contribution < 1.29 is 18.8 Å². The minimum absolute atomic E-state index is 0.212. The molecule has 1 aliphatic rings. The number of ether oxygens (including phenoxy) is 2. The predicted molar refractivity (Wildman–Crippen MR) is 87.3 cm³/mol. The van der Waals surface area contributed by atoms with E-state index >= 15 is 0 Å². The van der Waals surface area contributed by atoms with Crippen LogP contribution in [0, 0.1) is 0 Å². The summed E-state index contributed by atoms with van der Waals surface area (Å²) in [5.41, 5.74) is 1.68. The first-order valence-corrected chi connectivity index (χ1v) is 7.53. The largest absolute Gasteiger partial charge is 0.486 e. The number of hydrogen-bond acceptors (Lipinski definition) is 5. The number of benzene rings is 2. The molecule has 0 unspecified atom stereocenters. The second-order valence-electron chi connectivity index (χ2n) is 5.25. The van der Waals surface area contributed by atoms with Crippen molar-refractivity contribution in [2.24, 2.45) is 0 Å². The number of rotatable bonds is 3. The Labute approximate surface area is 138 Å². The van der Waals surface area contributed by atoms with Crippen LogP contribution in [0.15, 0.2) is 59.1 Å². The molecule has 0 spiro atoms. The Morgan fingerprint density at radius 1 is 0.958 bits per heavy atom. The maximum absolute atomic E-state index is 12.2. The van der Waals surface area contributed by atoms with Gasteiger partial charge in [0.15, 0.2) is 23.0 Å². The summed E-state index contributed by atoms with van der Waals surface area (Å²) < 4.78 is 16.3. The molecule has 24 heavy (non-hydrogen) atoms. The number of aromatic nitrogens is 1. The first kappa shape index (κ1) is 14.3. The van der Waals surface area contributed by atoms with Gasteiger partial charge in [-0.05, 0) is 30.3 Å². The molecular formula is C18H14N2O4. The van der Waals surface area contributed by atoms with Crippen molar-refractivity contribution in [3.05, 3.63) is 60.3 Å². The number of amides is 1. The fourth-order valence-electron chi connectivity index (χ4n) is 2.43. The maximum atomic E-state index is 12.2. The van der Waals surface area contributed by atoms with Crippen LogP contribution in [0.4, 0.5) is 5.69 Å². The van der Waals surface area contributed by atoms with Crippen LogP contribution in [0.2, 0.25) is 0 Å². The molecule has 120 valence electrons. The number of nitrogens with zero attached hydrogens (tertiary/aromatic N) is 1. The lowest BCUT2D eigenvalue weighted by Gasteiger charge is -2.18. The third-order valence-corrected chi connectivity index (χ3v) is 3.60. The van der Waals surface area contributed by atoms with Crippen LogP contribution < -0.4 is 14.8 Å². The van der Waals surface area contributed by atoms with E-state index in [1.54, 1.807) is 18.2 Å². The molecule has 1 aliphatic heterocycles. The average molecular weight is 322 g/mol. The van der Waals surface area contributed by atoms with Crippen molar-refractivity contribution in [2.75, 3.05) is 18.5 Å². The molecule has 1 amide bonds. The summed E-state index contributed by atoms with van der Waals surface area (Å²) in [6.45, 7) is 1.05. The Hall–Kier alpha value is -3.28. The normalized spacial score (nSPS) is 12.7. The Kier molecular flexibility index (Phi) is 3.63. The third kappa shape index (κ3) is 2.81. The molecule has 1 N–H and O–H groups in total. The summed E-state index contributed by atoms with van der Waals surface area (Å²) in [7, 11) is 0.